The fourth-order valence-corrected chi connectivity index (χ4v) is 7.08. The summed E-state index contributed by atoms with van der Waals surface area (Å²) in [5.74, 6) is -2.93. The van der Waals surface area contributed by atoms with E-state index in [9.17, 15) is 29.4 Å². The number of para-hydroxylation sites is 1. The van der Waals surface area contributed by atoms with Gasteiger partial charge in [-0.25, -0.2) is 5.01 Å². The molecule has 3 N–H and O–H groups in total. The lowest BCUT2D eigenvalue weighted by atomic mass is 9.99. The summed E-state index contributed by atoms with van der Waals surface area (Å²) in [5.41, 5.74) is 1.45. The van der Waals surface area contributed by atoms with Crippen molar-refractivity contribution in [1.29, 1.82) is 0 Å². The monoisotopic (exact) mass is 800 g/mol. The average Bonchev–Trinajstić information content (AvgIpc) is 3.37. The summed E-state index contributed by atoms with van der Waals surface area (Å²) in [6.45, 7) is 4.19. The molecule has 2 aliphatic heterocycles. The zero-order valence-corrected chi connectivity index (χ0v) is 29.3. The Balaban J connectivity index is 1.75. The molecule has 2 aliphatic rings. The molecule has 15 nitrogen and oxygen atoms in total. The molecule has 6 atom stereocenters. The van der Waals surface area contributed by atoms with Gasteiger partial charge >= 0.3 is 23.9 Å². The molecule has 2 aromatic rings. The SMILES string of the molecule is CC(=O)OC[C@H]1O[C@@H](SC2NN=C(c3ccccc3O)N2/N=C/c2cc(Br)cc(Br)c2O)[C@H](OC(C)=O)[C@@H](OC(C)=O)[C@@H]1OC(C)=O. The lowest BCUT2D eigenvalue weighted by Gasteiger charge is -2.44. The number of ether oxygens (including phenoxy) is 5. The molecule has 47 heavy (non-hydrogen) atoms. The summed E-state index contributed by atoms with van der Waals surface area (Å²) in [6.07, 6.45) is -3.84. The number of amidine groups is 1. The van der Waals surface area contributed by atoms with Gasteiger partial charge in [0.25, 0.3) is 0 Å². The maximum absolute atomic E-state index is 12.3. The molecule has 0 saturated carbocycles. The maximum atomic E-state index is 12.3. The van der Waals surface area contributed by atoms with Gasteiger partial charge in [0, 0.05) is 37.7 Å². The van der Waals surface area contributed by atoms with Gasteiger partial charge in [-0.1, -0.05) is 39.8 Å². The Labute approximate surface area is 289 Å². The lowest BCUT2D eigenvalue weighted by molar-refractivity contribution is -0.237. The number of hydrogen-bond donors (Lipinski definition) is 3. The van der Waals surface area contributed by atoms with Crippen LogP contribution >= 0.6 is 43.6 Å². The van der Waals surface area contributed by atoms with Crippen molar-refractivity contribution < 1.29 is 53.1 Å². The van der Waals surface area contributed by atoms with Gasteiger partial charge in [-0.05, 0) is 40.2 Å². The van der Waals surface area contributed by atoms with Gasteiger partial charge in [0.05, 0.1) is 16.3 Å². The molecular formula is C29H30Br2N4O11S. The third-order valence-corrected chi connectivity index (χ3v) is 8.73. The third-order valence-electron chi connectivity index (χ3n) is 6.46. The number of thioether (sulfide) groups is 1. The number of carbonyl (C=O) groups excluding carboxylic acids is 4. The zero-order chi connectivity index (χ0) is 34.4. The number of rotatable bonds is 10. The normalized spacial score (nSPS) is 23.9. The predicted molar refractivity (Wildman–Crippen MR) is 174 cm³/mol. The molecule has 1 fully saturated rings. The average molecular weight is 802 g/mol. The summed E-state index contributed by atoms with van der Waals surface area (Å²) in [7, 11) is 0. The summed E-state index contributed by atoms with van der Waals surface area (Å²) < 4.78 is 29.0. The van der Waals surface area contributed by atoms with Crippen LogP contribution in [0.15, 0.2) is 55.5 Å². The minimum absolute atomic E-state index is 0.0889. The van der Waals surface area contributed by atoms with E-state index in [1.54, 1.807) is 30.3 Å². The third kappa shape index (κ3) is 9.15. The number of halogens is 2. The number of esters is 4. The molecule has 0 amide bonds. The highest BCUT2D eigenvalue weighted by molar-refractivity contribution is 9.11. The first-order valence-electron chi connectivity index (χ1n) is 13.8. The van der Waals surface area contributed by atoms with Crippen molar-refractivity contribution in [2.24, 2.45) is 10.2 Å². The van der Waals surface area contributed by atoms with Crippen LogP contribution in [0, 0.1) is 0 Å². The highest BCUT2D eigenvalue weighted by Crippen LogP contribution is 2.38. The van der Waals surface area contributed by atoms with E-state index in [4.69, 9.17) is 23.7 Å². The maximum Gasteiger partial charge on any atom is 0.303 e. The Bertz CT molecular complexity index is 1590. The molecule has 18 heteroatoms. The molecule has 0 spiro atoms. The molecule has 1 saturated heterocycles. The topological polar surface area (TPSA) is 195 Å². The fourth-order valence-electron chi connectivity index (χ4n) is 4.62. The number of hydrazone groups is 2. The lowest BCUT2D eigenvalue weighted by Crippen LogP contribution is -2.62. The van der Waals surface area contributed by atoms with Gasteiger partial charge < -0.3 is 33.9 Å². The molecule has 252 valence electrons. The van der Waals surface area contributed by atoms with Crippen LogP contribution in [0.25, 0.3) is 0 Å². The number of hydrogen-bond acceptors (Lipinski definition) is 16. The number of phenols is 2. The van der Waals surface area contributed by atoms with Crippen molar-refractivity contribution in [3.05, 3.63) is 56.5 Å². The largest absolute Gasteiger partial charge is 0.507 e. The molecule has 2 heterocycles. The van der Waals surface area contributed by atoms with Crippen LogP contribution in [-0.2, 0) is 42.9 Å². The molecular weight excluding hydrogens is 772 g/mol. The molecule has 0 aliphatic carbocycles. The van der Waals surface area contributed by atoms with Crippen LogP contribution in [0.5, 0.6) is 11.5 Å². The first-order valence-corrected chi connectivity index (χ1v) is 16.4. The number of nitrogens with one attached hydrogen (secondary N) is 1. The first-order chi connectivity index (χ1) is 22.2. The van der Waals surface area contributed by atoms with E-state index < -0.39 is 65.8 Å². The summed E-state index contributed by atoms with van der Waals surface area (Å²) in [5, 5.41) is 31.6. The minimum Gasteiger partial charge on any atom is -0.507 e. The zero-order valence-electron chi connectivity index (χ0n) is 25.3. The van der Waals surface area contributed by atoms with Crippen LogP contribution in [0.2, 0.25) is 0 Å². The summed E-state index contributed by atoms with van der Waals surface area (Å²) in [6, 6.07) is 9.70. The summed E-state index contributed by atoms with van der Waals surface area (Å²) in [4.78, 5) is 48.3. The van der Waals surface area contributed by atoms with Crippen molar-refractivity contribution in [3.8, 4) is 11.5 Å². The number of aromatic hydroxyl groups is 2. The Hall–Kier alpha value is -3.87. The number of carbonyl (C=O) groups is 4. The van der Waals surface area contributed by atoms with E-state index in [1.165, 1.54) is 24.2 Å². The van der Waals surface area contributed by atoms with Crippen molar-refractivity contribution >= 4 is 79.5 Å². The van der Waals surface area contributed by atoms with E-state index in [0.29, 0.717) is 20.1 Å². The molecule has 0 aromatic heterocycles. The van der Waals surface area contributed by atoms with E-state index >= 15 is 0 Å². The van der Waals surface area contributed by atoms with Crippen molar-refractivity contribution in [3.63, 3.8) is 0 Å². The quantitative estimate of drug-likeness (QED) is 0.180. The van der Waals surface area contributed by atoms with Crippen molar-refractivity contribution in [2.45, 2.75) is 63.0 Å². The molecule has 2 aromatic carbocycles. The highest BCUT2D eigenvalue weighted by Gasteiger charge is 2.53. The van der Waals surface area contributed by atoms with Gasteiger partial charge in [-0.3, -0.25) is 24.6 Å². The fraction of sp³-hybridized carbons (Fsp3) is 0.379. The summed E-state index contributed by atoms with van der Waals surface area (Å²) >= 11 is 7.66. The van der Waals surface area contributed by atoms with Crippen molar-refractivity contribution in [2.75, 3.05) is 6.61 Å². The van der Waals surface area contributed by atoms with Gasteiger partial charge in [-0.2, -0.15) is 10.2 Å². The van der Waals surface area contributed by atoms with Crippen LogP contribution < -0.4 is 5.43 Å². The van der Waals surface area contributed by atoms with Crippen LogP contribution in [0.4, 0.5) is 0 Å². The molecule has 0 bridgehead atoms. The predicted octanol–water partition coefficient (Wildman–Crippen LogP) is 3.32. The number of benzene rings is 2. The van der Waals surface area contributed by atoms with Gasteiger partial charge in [0.1, 0.15) is 29.6 Å². The number of nitrogens with zero attached hydrogens (tertiary/aromatic N) is 3. The second-order valence-electron chi connectivity index (χ2n) is 10.1. The molecule has 0 radical (unpaired) electrons. The van der Waals surface area contributed by atoms with Gasteiger partial charge in [-0.15, -0.1) is 0 Å². The van der Waals surface area contributed by atoms with Gasteiger partial charge in [0.15, 0.2) is 29.6 Å². The Kier molecular flexibility index (Phi) is 12.1. The highest BCUT2D eigenvalue weighted by atomic mass is 79.9. The van der Waals surface area contributed by atoms with Crippen molar-refractivity contribution in [1.82, 2.24) is 10.4 Å². The standard InChI is InChI=1S/C29H30Br2N4O11S/c1-13(36)42-12-22-24(43-14(2)37)25(44-15(3)38)26(45-16(4)39)28(46-22)47-29-34-33-27(19-7-5-6-8-21(19)40)35(29)32-11-17-9-18(30)10-20(31)23(17)41/h5-11,22,24-26,28-29,34,40-41H,12H2,1-4H3/b32-11+/t22-,24-,25+,26-,28+,29?/m1/s1. The van der Waals surface area contributed by atoms with Crippen LogP contribution in [0.1, 0.15) is 38.8 Å². The van der Waals surface area contributed by atoms with E-state index in [1.807, 2.05) is 0 Å². The van der Waals surface area contributed by atoms with Crippen LogP contribution in [-0.4, -0.2) is 93.1 Å². The second kappa shape index (κ2) is 15.8. The molecule has 4 rings (SSSR count). The first kappa shape index (κ1) is 36.0. The Morgan fingerprint density at radius 1 is 0.979 bits per heavy atom. The van der Waals surface area contributed by atoms with E-state index in [0.717, 1.165) is 32.5 Å². The Morgan fingerprint density at radius 3 is 2.26 bits per heavy atom. The van der Waals surface area contributed by atoms with Gasteiger partial charge in [0.2, 0.25) is 0 Å². The van der Waals surface area contributed by atoms with Crippen LogP contribution in [0.3, 0.4) is 0 Å². The number of phenolic OH excluding ortho intramolecular Hbond substituents is 2. The minimum atomic E-state index is -1.38. The molecule has 1 unspecified atom stereocenters. The Morgan fingerprint density at radius 2 is 1.62 bits per heavy atom. The second-order valence-corrected chi connectivity index (χ2v) is 13.0. The smallest absolute Gasteiger partial charge is 0.303 e. The van der Waals surface area contributed by atoms with E-state index in [-0.39, 0.29) is 17.3 Å². The van der Waals surface area contributed by atoms with E-state index in [2.05, 4.69) is 47.5 Å².